The normalized spacial score (nSPS) is 13.5. The van der Waals surface area contributed by atoms with Crippen LogP contribution in [0.2, 0.25) is 0 Å². The topological polar surface area (TPSA) is 79.0 Å². The van der Waals surface area contributed by atoms with Crippen LogP contribution in [0.1, 0.15) is 47.3 Å². The molecule has 1 aliphatic carbocycles. The number of aryl methyl sites for hydroxylation is 4. The van der Waals surface area contributed by atoms with E-state index in [2.05, 4.69) is 11.1 Å². The molecule has 160 valence electrons. The number of aromatic nitrogens is 2. The van der Waals surface area contributed by atoms with E-state index in [1.165, 1.54) is 22.2 Å². The quantitative estimate of drug-likeness (QED) is 0.561. The molecule has 3 aromatic rings. The molecule has 0 saturated carbocycles. The van der Waals surface area contributed by atoms with Gasteiger partial charge >= 0.3 is 0 Å². The second kappa shape index (κ2) is 9.03. The predicted octanol–water partition coefficient (Wildman–Crippen LogP) is 4.29. The van der Waals surface area contributed by atoms with Crippen molar-refractivity contribution in [2.45, 2.75) is 58.9 Å². The molecule has 0 N–H and O–H groups in total. The van der Waals surface area contributed by atoms with Gasteiger partial charge in [-0.15, -0.1) is 11.3 Å². The summed E-state index contributed by atoms with van der Waals surface area (Å²) in [5, 5.41) is 9.75. The van der Waals surface area contributed by atoms with Gasteiger partial charge in [0.05, 0.1) is 24.2 Å². The number of hydrogen-bond acceptors (Lipinski definition) is 5. The van der Waals surface area contributed by atoms with E-state index in [1.807, 2.05) is 32.0 Å². The lowest BCUT2D eigenvalue weighted by Crippen LogP contribution is -2.37. The number of fused-ring (bicyclic) bond motifs is 3. The summed E-state index contributed by atoms with van der Waals surface area (Å²) >= 11 is 1.62. The lowest BCUT2D eigenvalue weighted by atomic mass is 10.1. The van der Waals surface area contributed by atoms with Crippen molar-refractivity contribution in [1.29, 1.82) is 5.26 Å². The van der Waals surface area contributed by atoms with Crippen LogP contribution >= 0.6 is 11.3 Å². The first kappa shape index (κ1) is 21.3. The van der Waals surface area contributed by atoms with E-state index in [0.717, 1.165) is 52.9 Å². The summed E-state index contributed by atoms with van der Waals surface area (Å²) < 4.78 is 1.42. The predicted molar refractivity (Wildman–Crippen MR) is 124 cm³/mol. The van der Waals surface area contributed by atoms with Gasteiger partial charge in [-0.25, -0.2) is 4.98 Å². The van der Waals surface area contributed by atoms with Crippen LogP contribution in [-0.4, -0.2) is 22.0 Å². The van der Waals surface area contributed by atoms with Gasteiger partial charge in [-0.2, -0.15) is 5.26 Å². The van der Waals surface area contributed by atoms with E-state index in [-0.39, 0.29) is 31.0 Å². The van der Waals surface area contributed by atoms with Crippen molar-refractivity contribution in [1.82, 2.24) is 9.55 Å². The minimum absolute atomic E-state index is 0.0924. The van der Waals surface area contributed by atoms with E-state index in [0.29, 0.717) is 5.39 Å². The van der Waals surface area contributed by atoms with Gasteiger partial charge in [-0.05, 0) is 68.4 Å². The summed E-state index contributed by atoms with van der Waals surface area (Å²) in [6, 6.07) is 8.03. The molecule has 4 rings (SSSR count). The third-order valence-electron chi connectivity index (χ3n) is 5.76. The molecule has 0 unspecified atom stereocenters. The molecule has 1 aliphatic rings. The summed E-state index contributed by atoms with van der Waals surface area (Å²) in [5.41, 5.74) is 3.84. The maximum absolute atomic E-state index is 13.3. The number of rotatable bonds is 5. The van der Waals surface area contributed by atoms with E-state index in [4.69, 9.17) is 5.26 Å². The number of carbonyl (C=O) groups excluding carboxylic acids is 1. The van der Waals surface area contributed by atoms with Crippen molar-refractivity contribution in [3.63, 3.8) is 0 Å². The average molecular weight is 435 g/mol. The third kappa shape index (κ3) is 4.40. The van der Waals surface area contributed by atoms with Crippen LogP contribution in [0.3, 0.4) is 0 Å². The number of amides is 1. The van der Waals surface area contributed by atoms with Gasteiger partial charge in [0.2, 0.25) is 5.91 Å². The van der Waals surface area contributed by atoms with Gasteiger partial charge in [-0.3, -0.25) is 14.2 Å². The standard InChI is InChI=1S/C24H26N4O2S/c1-16-11-17(2)13-18(12-16)28(10-6-9-25)21(29)14-27-15-26-23-22(24(27)30)19-7-4-3-5-8-20(19)31-23/h11-13,15H,3-8,10,14H2,1-2H3. The average Bonchev–Trinajstić information content (AvgIpc) is 2.92. The molecule has 1 aromatic carbocycles. The fraction of sp³-hybridized carbons (Fsp3) is 0.417. The highest BCUT2D eigenvalue weighted by molar-refractivity contribution is 7.18. The maximum Gasteiger partial charge on any atom is 0.262 e. The van der Waals surface area contributed by atoms with Crippen LogP contribution in [0.25, 0.3) is 10.2 Å². The van der Waals surface area contributed by atoms with Crippen molar-refractivity contribution < 1.29 is 4.79 Å². The van der Waals surface area contributed by atoms with Crippen molar-refractivity contribution in [2.75, 3.05) is 11.4 Å². The molecule has 6 nitrogen and oxygen atoms in total. The van der Waals surface area contributed by atoms with Crippen LogP contribution in [0.5, 0.6) is 0 Å². The number of carbonyl (C=O) groups is 1. The SMILES string of the molecule is Cc1cc(C)cc(N(CCC#N)C(=O)Cn2cnc3sc4c(c3c2=O)CCCCC4)c1. The Kier molecular flexibility index (Phi) is 6.19. The highest BCUT2D eigenvalue weighted by Gasteiger charge is 2.22. The second-order valence-corrected chi connectivity index (χ2v) is 9.31. The molecule has 0 atom stereocenters. The summed E-state index contributed by atoms with van der Waals surface area (Å²) in [7, 11) is 0. The zero-order chi connectivity index (χ0) is 22.0. The minimum Gasteiger partial charge on any atom is -0.310 e. The van der Waals surface area contributed by atoms with Crippen LogP contribution in [0, 0.1) is 25.2 Å². The molecule has 0 saturated heterocycles. The van der Waals surface area contributed by atoms with E-state index in [1.54, 1.807) is 16.2 Å². The minimum atomic E-state index is -0.218. The van der Waals surface area contributed by atoms with Gasteiger partial charge in [0.15, 0.2) is 0 Å². The molecular weight excluding hydrogens is 408 g/mol. The van der Waals surface area contributed by atoms with Crippen LogP contribution in [-0.2, 0) is 24.2 Å². The lowest BCUT2D eigenvalue weighted by Gasteiger charge is -2.23. The summed E-state index contributed by atoms with van der Waals surface area (Å²) in [6.45, 7) is 4.16. The third-order valence-corrected chi connectivity index (χ3v) is 6.96. The first-order valence-electron chi connectivity index (χ1n) is 10.7. The number of anilines is 1. The summed E-state index contributed by atoms with van der Waals surface area (Å²) in [4.78, 5) is 34.7. The number of hydrogen-bond donors (Lipinski definition) is 0. The van der Waals surface area contributed by atoms with E-state index in [9.17, 15) is 9.59 Å². The Balaban J connectivity index is 1.68. The van der Waals surface area contributed by atoms with E-state index >= 15 is 0 Å². The van der Waals surface area contributed by atoms with E-state index < -0.39 is 0 Å². The Morgan fingerprint density at radius 3 is 2.68 bits per heavy atom. The summed E-state index contributed by atoms with van der Waals surface area (Å²) in [5.74, 6) is -0.218. The zero-order valence-electron chi connectivity index (χ0n) is 18.0. The molecule has 0 bridgehead atoms. The molecule has 0 fully saturated rings. The summed E-state index contributed by atoms with van der Waals surface area (Å²) in [6.07, 6.45) is 7.03. The monoisotopic (exact) mass is 434 g/mol. The highest BCUT2D eigenvalue weighted by Crippen LogP contribution is 2.32. The van der Waals surface area contributed by atoms with Gasteiger partial charge in [-0.1, -0.05) is 12.5 Å². The number of nitriles is 1. The van der Waals surface area contributed by atoms with Gasteiger partial charge in [0.1, 0.15) is 11.4 Å². The zero-order valence-corrected chi connectivity index (χ0v) is 18.8. The van der Waals surface area contributed by atoms with Crippen molar-refractivity contribution in [3.05, 3.63) is 56.4 Å². The molecule has 1 amide bonds. The molecule has 31 heavy (non-hydrogen) atoms. The number of nitrogens with zero attached hydrogens (tertiary/aromatic N) is 4. The van der Waals surface area contributed by atoms with Crippen molar-refractivity contribution in [3.8, 4) is 6.07 Å². The Morgan fingerprint density at radius 1 is 1.19 bits per heavy atom. The first-order chi connectivity index (χ1) is 15.0. The molecule has 0 spiro atoms. The Labute approximate surface area is 185 Å². The van der Waals surface area contributed by atoms with Crippen molar-refractivity contribution in [2.24, 2.45) is 0 Å². The Hall–Kier alpha value is -2.98. The first-order valence-corrected chi connectivity index (χ1v) is 11.5. The van der Waals surface area contributed by atoms with Crippen LogP contribution in [0.15, 0.2) is 29.3 Å². The smallest absolute Gasteiger partial charge is 0.262 e. The fourth-order valence-corrected chi connectivity index (χ4v) is 5.59. The molecule has 2 heterocycles. The Bertz CT molecular complexity index is 1210. The maximum atomic E-state index is 13.3. The van der Waals surface area contributed by atoms with Crippen LogP contribution in [0.4, 0.5) is 5.69 Å². The van der Waals surface area contributed by atoms with Gasteiger partial charge in [0, 0.05) is 17.1 Å². The Morgan fingerprint density at radius 2 is 1.94 bits per heavy atom. The van der Waals surface area contributed by atoms with Crippen molar-refractivity contribution >= 4 is 33.1 Å². The van der Waals surface area contributed by atoms with Crippen LogP contribution < -0.4 is 10.5 Å². The molecular formula is C24H26N4O2S. The largest absolute Gasteiger partial charge is 0.310 e. The molecule has 0 aliphatic heterocycles. The fourth-order valence-electron chi connectivity index (χ4n) is 4.37. The lowest BCUT2D eigenvalue weighted by molar-refractivity contribution is -0.119. The number of benzene rings is 1. The molecule has 2 aromatic heterocycles. The highest BCUT2D eigenvalue weighted by atomic mass is 32.1. The van der Waals surface area contributed by atoms with Gasteiger partial charge in [0.25, 0.3) is 5.56 Å². The second-order valence-electron chi connectivity index (χ2n) is 8.22. The van der Waals surface area contributed by atoms with Gasteiger partial charge < -0.3 is 4.90 Å². The molecule has 7 heteroatoms. The molecule has 0 radical (unpaired) electrons. The number of thiophene rings is 1.